The molecule has 14 heteroatoms. The third-order valence-electron chi connectivity index (χ3n) is 9.76. The molecule has 3 fully saturated rings. The van der Waals surface area contributed by atoms with Crippen molar-refractivity contribution in [3.63, 3.8) is 0 Å². The number of hydrogen-bond donors (Lipinski definition) is 3. The maximum atomic E-state index is 14.0. The maximum absolute atomic E-state index is 14.0. The summed E-state index contributed by atoms with van der Waals surface area (Å²) < 4.78 is 42.0. The molecule has 2 aliphatic heterocycles. The number of piperazine rings is 1. The van der Waals surface area contributed by atoms with Crippen LogP contribution in [-0.2, 0) is 11.0 Å². The van der Waals surface area contributed by atoms with E-state index in [4.69, 9.17) is 0 Å². The number of hydrogen-bond acceptors (Lipinski definition) is 9. The second-order valence-electron chi connectivity index (χ2n) is 13.2. The van der Waals surface area contributed by atoms with Crippen molar-refractivity contribution in [3.05, 3.63) is 41.6 Å². The van der Waals surface area contributed by atoms with Crippen molar-refractivity contribution in [1.29, 1.82) is 0 Å². The molecule has 3 heterocycles. The molecule has 0 spiro atoms. The van der Waals surface area contributed by atoms with Gasteiger partial charge in [0, 0.05) is 69.3 Å². The predicted octanol–water partition coefficient (Wildman–Crippen LogP) is 3.74. The molecule has 1 saturated carbocycles. The summed E-state index contributed by atoms with van der Waals surface area (Å²) in [4.78, 5) is 43.0. The number of likely N-dealkylation sites (N-methyl/N-ethyl adjacent to an activating group) is 1. The molecule has 2 atom stereocenters. The minimum absolute atomic E-state index is 0.0223. The molecule has 2 amide bonds. The maximum Gasteiger partial charge on any atom is 0.421 e. The Balaban J connectivity index is 1.19. The number of alkyl halides is 3. The van der Waals surface area contributed by atoms with Gasteiger partial charge in [0.05, 0.1) is 5.92 Å². The second kappa shape index (κ2) is 15.6. The fourth-order valence-electron chi connectivity index (χ4n) is 6.68. The minimum Gasteiger partial charge on any atom is -0.366 e. The minimum atomic E-state index is -4.68. The van der Waals surface area contributed by atoms with E-state index in [1.807, 2.05) is 7.05 Å². The summed E-state index contributed by atoms with van der Waals surface area (Å²) in [5, 5.41) is 8.92. The lowest BCUT2D eigenvalue weighted by atomic mass is 10.0. The molecular formula is C33H48F3N9O2. The van der Waals surface area contributed by atoms with Crippen LogP contribution >= 0.6 is 0 Å². The zero-order chi connectivity index (χ0) is 33.6. The van der Waals surface area contributed by atoms with Gasteiger partial charge in [-0.1, -0.05) is 6.42 Å². The highest BCUT2D eigenvalue weighted by atomic mass is 19.4. The van der Waals surface area contributed by atoms with Gasteiger partial charge in [-0.3, -0.25) is 9.59 Å². The van der Waals surface area contributed by atoms with E-state index < -0.39 is 23.7 Å². The number of likely N-dealkylation sites (tertiary alicyclic amines) is 1. The third kappa shape index (κ3) is 9.32. The third-order valence-corrected chi connectivity index (χ3v) is 9.76. The number of anilines is 3. The Bertz CT molecular complexity index is 1340. The number of piperidine rings is 1. The van der Waals surface area contributed by atoms with Crippen LogP contribution in [0.1, 0.15) is 54.4 Å². The molecule has 47 heavy (non-hydrogen) atoms. The van der Waals surface area contributed by atoms with E-state index in [0.717, 1.165) is 77.7 Å². The van der Waals surface area contributed by atoms with Crippen molar-refractivity contribution in [2.45, 2.75) is 56.8 Å². The van der Waals surface area contributed by atoms with Gasteiger partial charge in [-0.2, -0.15) is 18.2 Å². The van der Waals surface area contributed by atoms with E-state index in [1.165, 1.54) is 0 Å². The molecular weight excluding hydrogens is 611 g/mol. The number of benzene rings is 1. The van der Waals surface area contributed by atoms with Crippen molar-refractivity contribution in [3.8, 4) is 0 Å². The highest BCUT2D eigenvalue weighted by Crippen LogP contribution is 2.37. The molecule has 2 saturated heterocycles. The van der Waals surface area contributed by atoms with Crippen LogP contribution in [0.2, 0.25) is 0 Å². The Kier molecular flexibility index (Phi) is 11.6. The van der Waals surface area contributed by atoms with Gasteiger partial charge in [0.2, 0.25) is 11.9 Å². The van der Waals surface area contributed by atoms with Gasteiger partial charge >= 0.3 is 6.18 Å². The van der Waals surface area contributed by atoms with E-state index >= 15 is 0 Å². The first-order chi connectivity index (χ1) is 22.5. The number of nitrogens with zero attached hydrogens (tertiary/aromatic N) is 6. The number of rotatable bonds is 11. The zero-order valence-corrected chi connectivity index (χ0v) is 27.7. The molecule has 3 N–H and O–H groups in total. The van der Waals surface area contributed by atoms with Crippen LogP contribution in [0.5, 0.6) is 0 Å². The first-order valence-electron chi connectivity index (χ1n) is 16.7. The zero-order valence-electron chi connectivity index (χ0n) is 27.7. The van der Waals surface area contributed by atoms with E-state index in [1.54, 1.807) is 29.2 Å². The molecule has 1 aromatic heterocycles. The Morgan fingerprint density at radius 1 is 0.957 bits per heavy atom. The molecule has 2 aromatic rings. The molecule has 0 radical (unpaired) electrons. The normalized spacial score (nSPS) is 21.8. The van der Waals surface area contributed by atoms with E-state index in [2.05, 4.69) is 54.7 Å². The van der Waals surface area contributed by atoms with Crippen LogP contribution in [0.25, 0.3) is 0 Å². The number of carbonyl (C=O) groups excluding carboxylic acids is 2. The predicted molar refractivity (Wildman–Crippen MR) is 176 cm³/mol. The summed E-state index contributed by atoms with van der Waals surface area (Å²) in [6.07, 6.45) is 0.627. The first-order valence-corrected chi connectivity index (χ1v) is 16.7. The fourth-order valence-corrected chi connectivity index (χ4v) is 6.68. The molecule has 1 aliphatic carbocycles. The molecule has 0 bridgehead atoms. The number of nitrogens with one attached hydrogen (secondary N) is 3. The Morgan fingerprint density at radius 2 is 1.64 bits per heavy atom. The summed E-state index contributed by atoms with van der Waals surface area (Å²) in [5.74, 6) is -1.06. The van der Waals surface area contributed by atoms with Gasteiger partial charge < -0.3 is 35.6 Å². The topological polar surface area (TPSA) is 109 Å². The molecule has 258 valence electrons. The Labute approximate surface area is 275 Å². The van der Waals surface area contributed by atoms with Crippen molar-refractivity contribution in [1.82, 2.24) is 34.9 Å². The summed E-state index contributed by atoms with van der Waals surface area (Å²) >= 11 is 0. The summed E-state index contributed by atoms with van der Waals surface area (Å²) in [7, 11) is 6.01. The van der Waals surface area contributed by atoms with Crippen molar-refractivity contribution in [2.24, 2.45) is 5.92 Å². The van der Waals surface area contributed by atoms with E-state index in [9.17, 15) is 22.8 Å². The van der Waals surface area contributed by atoms with Gasteiger partial charge in [0.25, 0.3) is 5.91 Å². The first kappa shape index (κ1) is 34.8. The molecule has 3 aliphatic rings. The SMILES string of the molecule is CN1CCC(N(C)C(=O)c2ccc(Nc3ncc(C(F)(F)F)c(N[C@@H]4CCC[C@@H]4C(=O)NCCCN4CCN(C)CC4)n3)cc2)CC1. The van der Waals surface area contributed by atoms with Crippen LogP contribution in [0.4, 0.5) is 30.6 Å². The Morgan fingerprint density at radius 3 is 2.32 bits per heavy atom. The monoisotopic (exact) mass is 659 g/mol. The molecule has 0 unspecified atom stereocenters. The molecule has 5 rings (SSSR count). The molecule has 11 nitrogen and oxygen atoms in total. The van der Waals surface area contributed by atoms with Crippen LogP contribution in [0, 0.1) is 5.92 Å². The van der Waals surface area contributed by atoms with Gasteiger partial charge in [0.1, 0.15) is 11.4 Å². The summed E-state index contributed by atoms with van der Waals surface area (Å²) in [5.41, 5.74) is 0.0700. The summed E-state index contributed by atoms with van der Waals surface area (Å²) in [6, 6.07) is 6.44. The average Bonchev–Trinajstić information content (AvgIpc) is 3.51. The van der Waals surface area contributed by atoms with E-state index in [-0.39, 0.29) is 29.6 Å². The number of carbonyl (C=O) groups is 2. The number of halogens is 3. The number of amides is 2. The fraction of sp³-hybridized carbons (Fsp3) is 0.636. The van der Waals surface area contributed by atoms with Crippen LogP contribution < -0.4 is 16.0 Å². The number of aromatic nitrogens is 2. The van der Waals surface area contributed by atoms with Crippen LogP contribution in [-0.4, -0.2) is 127 Å². The molecule has 1 aromatic carbocycles. The van der Waals surface area contributed by atoms with Crippen molar-refractivity contribution < 1.29 is 22.8 Å². The van der Waals surface area contributed by atoms with Gasteiger partial charge in [-0.25, -0.2) is 4.98 Å². The van der Waals surface area contributed by atoms with Crippen molar-refractivity contribution >= 4 is 29.3 Å². The highest BCUT2D eigenvalue weighted by molar-refractivity contribution is 5.94. The van der Waals surface area contributed by atoms with E-state index in [0.29, 0.717) is 30.6 Å². The van der Waals surface area contributed by atoms with Crippen LogP contribution in [0.15, 0.2) is 30.5 Å². The smallest absolute Gasteiger partial charge is 0.366 e. The van der Waals surface area contributed by atoms with Crippen LogP contribution in [0.3, 0.4) is 0 Å². The average molecular weight is 660 g/mol. The quantitative estimate of drug-likeness (QED) is 0.311. The summed E-state index contributed by atoms with van der Waals surface area (Å²) in [6.45, 7) is 7.42. The lowest BCUT2D eigenvalue weighted by molar-refractivity contribution is -0.137. The second-order valence-corrected chi connectivity index (χ2v) is 13.2. The Hall–Kier alpha value is -3.49. The lowest BCUT2D eigenvalue weighted by Gasteiger charge is -2.35. The lowest BCUT2D eigenvalue weighted by Crippen LogP contribution is -2.45. The largest absolute Gasteiger partial charge is 0.421 e. The van der Waals surface area contributed by atoms with Gasteiger partial charge in [-0.05, 0) is 90.1 Å². The highest BCUT2D eigenvalue weighted by Gasteiger charge is 2.39. The van der Waals surface area contributed by atoms with Gasteiger partial charge in [-0.15, -0.1) is 0 Å². The van der Waals surface area contributed by atoms with Crippen molar-refractivity contribution in [2.75, 3.05) is 84.1 Å². The standard InChI is InChI=1S/C33H48F3N9O2/c1-42-16-12-25(13-17-42)44(3)31(47)23-8-10-24(11-9-23)39-32-38-22-27(33(34,35)36)29(41-32)40-28-7-4-6-26(28)30(46)37-14-5-15-45-20-18-43(2)19-21-45/h8-11,22,25-26,28H,4-7,12-21H2,1-3H3,(H,37,46)(H2,38,39,40,41)/t26-,28+/m0/s1. The van der Waals surface area contributed by atoms with Gasteiger partial charge in [0.15, 0.2) is 0 Å².